The molecule has 2 atom stereocenters. The average Bonchev–Trinajstić information content (AvgIpc) is 2.58. The first-order valence-electron chi connectivity index (χ1n) is 8.23. The molecule has 1 aliphatic rings. The standard InChI is InChI=1S/C18H25N3O3/c1-13(19)16-4-2-3-11-21(16)18(23)10-7-14-5-8-15(9-6-14)24-12-17(20)22/h5-10,13,16H,2-4,11-12,19H2,1H3,(H2,20,22). The van der Waals surface area contributed by atoms with E-state index < -0.39 is 5.91 Å². The number of benzene rings is 1. The summed E-state index contributed by atoms with van der Waals surface area (Å²) in [5, 5.41) is 0. The van der Waals surface area contributed by atoms with Crippen molar-refractivity contribution >= 4 is 17.9 Å². The third-order valence-corrected chi connectivity index (χ3v) is 4.12. The highest BCUT2D eigenvalue weighted by Crippen LogP contribution is 2.20. The van der Waals surface area contributed by atoms with Crippen molar-refractivity contribution in [3.05, 3.63) is 35.9 Å². The van der Waals surface area contributed by atoms with E-state index in [0.717, 1.165) is 31.4 Å². The fourth-order valence-electron chi connectivity index (χ4n) is 2.87. The number of carbonyl (C=O) groups is 2. The van der Waals surface area contributed by atoms with Gasteiger partial charge in [0.15, 0.2) is 6.61 Å². The number of nitrogens with two attached hydrogens (primary N) is 2. The van der Waals surface area contributed by atoms with Crippen LogP contribution in [0.4, 0.5) is 0 Å². The SMILES string of the molecule is CC(N)C1CCCCN1C(=O)C=Cc1ccc(OCC(N)=O)cc1. The van der Waals surface area contributed by atoms with Crippen LogP contribution < -0.4 is 16.2 Å². The Bertz CT molecular complexity index is 596. The van der Waals surface area contributed by atoms with Gasteiger partial charge >= 0.3 is 0 Å². The van der Waals surface area contributed by atoms with E-state index in [1.165, 1.54) is 0 Å². The van der Waals surface area contributed by atoms with E-state index in [2.05, 4.69) is 0 Å². The Kier molecular flexibility index (Phi) is 6.37. The highest BCUT2D eigenvalue weighted by atomic mass is 16.5. The highest BCUT2D eigenvalue weighted by molar-refractivity contribution is 5.92. The molecule has 1 saturated heterocycles. The highest BCUT2D eigenvalue weighted by Gasteiger charge is 2.27. The summed E-state index contributed by atoms with van der Waals surface area (Å²) in [4.78, 5) is 25.0. The Morgan fingerprint density at radius 3 is 2.67 bits per heavy atom. The normalized spacial score (nSPS) is 19.2. The predicted molar refractivity (Wildman–Crippen MR) is 93.2 cm³/mol. The summed E-state index contributed by atoms with van der Waals surface area (Å²) in [6.07, 6.45) is 6.46. The summed E-state index contributed by atoms with van der Waals surface area (Å²) >= 11 is 0. The quantitative estimate of drug-likeness (QED) is 0.767. The molecule has 0 radical (unpaired) electrons. The van der Waals surface area contributed by atoms with Gasteiger partial charge < -0.3 is 21.1 Å². The molecule has 0 saturated carbocycles. The van der Waals surface area contributed by atoms with Gasteiger partial charge in [0.2, 0.25) is 5.91 Å². The number of hydrogen-bond acceptors (Lipinski definition) is 4. The van der Waals surface area contributed by atoms with E-state index in [-0.39, 0.29) is 24.6 Å². The number of rotatable bonds is 6. The van der Waals surface area contributed by atoms with Gasteiger partial charge in [-0.05, 0) is 50.0 Å². The number of piperidine rings is 1. The van der Waals surface area contributed by atoms with Crippen LogP contribution in [0.15, 0.2) is 30.3 Å². The number of amides is 2. The minimum absolute atomic E-state index is 0.00828. The molecule has 2 amide bonds. The molecule has 1 aliphatic heterocycles. The van der Waals surface area contributed by atoms with Gasteiger partial charge in [-0.2, -0.15) is 0 Å². The molecule has 0 spiro atoms. The third kappa shape index (κ3) is 5.09. The number of likely N-dealkylation sites (tertiary alicyclic amines) is 1. The maximum absolute atomic E-state index is 12.4. The number of hydrogen-bond donors (Lipinski definition) is 2. The second-order valence-corrected chi connectivity index (χ2v) is 6.11. The van der Waals surface area contributed by atoms with E-state index in [1.807, 2.05) is 24.0 Å². The molecular weight excluding hydrogens is 306 g/mol. The summed E-state index contributed by atoms with van der Waals surface area (Å²) in [6, 6.07) is 7.20. The van der Waals surface area contributed by atoms with E-state index >= 15 is 0 Å². The van der Waals surface area contributed by atoms with Crippen molar-refractivity contribution < 1.29 is 14.3 Å². The van der Waals surface area contributed by atoms with Gasteiger partial charge in [0, 0.05) is 24.7 Å². The Balaban J connectivity index is 1.96. The summed E-state index contributed by atoms with van der Waals surface area (Å²) in [6.45, 7) is 2.56. The fourth-order valence-corrected chi connectivity index (χ4v) is 2.87. The van der Waals surface area contributed by atoms with E-state index in [0.29, 0.717) is 5.75 Å². The first-order chi connectivity index (χ1) is 11.5. The van der Waals surface area contributed by atoms with Crippen LogP contribution >= 0.6 is 0 Å². The summed E-state index contributed by atoms with van der Waals surface area (Å²) in [5.41, 5.74) is 11.9. The second kappa shape index (κ2) is 8.49. The lowest BCUT2D eigenvalue weighted by molar-refractivity contribution is -0.130. The van der Waals surface area contributed by atoms with Crippen LogP contribution in [-0.4, -0.2) is 41.9 Å². The minimum Gasteiger partial charge on any atom is -0.484 e. The minimum atomic E-state index is -0.519. The molecule has 1 fully saturated rings. The summed E-state index contributed by atoms with van der Waals surface area (Å²) in [5.74, 6) is 0.0335. The van der Waals surface area contributed by atoms with Crippen LogP contribution in [0, 0.1) is 0 Å². The molecule has 6 nitrogen and oxygen atoms in total. The lowest BCUT2D eigenvalue weighted by Gasteiger charge is -2.37. The largest absolute Gasteiger partial charge is 0.484 e. The number of nitrogens with zero attached hydrogens (tertiary/aromatic N) is 1. The predicted octanol–water partition coefficient (Wildman–Crippen LogP) is 1.29. The second-order valence-electron chi connectivity index (χ2n) is 6.11. The lowest BCUT2D eigenvalue weighted by atomic mass is 9.97. The molecule has 4 N–H and O–H groups in total. The van der Waals surface area contributed by atoms with E-state index in [9.17, 15) is 9.59 Å². The van der Waals surface area contributed by atoms with Gasteiger partial charge in [-0.15, -0.1) is 0 Å². The van der Waals surface area contributed by atoms with Crippen molar-refractivity contribution in [1.82, 2.24) is 4.90 Å². The molecule has 1 heterocycles. The van der Waals surface area contributed by atoms with Crippen molar-refractivity contribution in [1.29, 1.82) is 0 Å². The van der Waals surface area contributed by atoms with Gasteiger partial charge in [-0.1, -0.05) is 12.1 Å². The van der Waals surface area contributed by atoms with Gasteiger partial charge in [0.05, 0.1) is 0 Å². The average molecular weight is 331 g/mol. The van der Waals surface area contributed by atoms with Gasteiger partial charge in [0.1, 0.15) is 5.75 Å². The van der Waals surface area contributed by atoms with Crippen LogP contribution in [0.2, 0.25) is 0 Å². The summed E-state index contributed by atoms with van der Waals surface area (Å²) < 4.78 is 5.20. The first kappa shape index (κ1) is 18.0. The molecule has 6 heteroatoms. The molecule has 0 bridgehead atoms. The third-order valence-electron chi connectivity index (χ3n) is 4.12. The molecule has 1 aromatic carbocycles. The molecular formula is C18H25N3O3. The Morgan fingerprint density at radius 2 is 2.04 bits per heavy atom. The van der Waals surface area contributed by atoms with E-state index in [4.69, 9.17) is 16.2 Å². The van der Waals surface area contributed by atoms with Gasteiger partial charge in [-0.3, -0.25) is 9.59 Å². The lowest BCUT2D eigenvalue weighted by Crippen LogP contribution is -2.51. The number of ether oxygens (including phenoxy) is 1. The van der Waals surface area contributed by atoms with E-state index in [1.54, 1.807) is 24.3 Å². The Labute approximate surface area is 142 Å². The Hall–Kier alpha value is -2.34. The van der Waals surface area contributed by atoms with Gasteiger partial charge in [0.25, 0.3) is 5.91 Å². The van der Waals surface area contributed by atoms with Crippen LogP contribution in [0.25, 0.3) is 6.08 Å². The van der Waals surface area contributed by atoms with Crippen molar-refractivity contribution in [2.75, 3.05) is 13.2 Å². The smallest absolute Gasteiger partial charge is 0.255 e. The van der Waals surface area contributed by atoms with Crippen LogP contribution in [0.1, 0.15) is 31.7 Å². The fraction of sp³-hybridized carbons (Fsp3) is 0.444. The van der Waals surface area contributed by atoms with Crippen molar-refractivity contribution in [2.45, 2.75) is 38.3 Å². The van der Waals surface area contributed by atoms with Crippen molar-refractivity contribution in [3.8, 4) is 5.75 Å². The zero-order valence-electron chi connectivity index (χ0n) is 14.0. The zero-order valence-corrected chi connectivity index (χ0v) is 14.0. The van der Waals surface area contributed by atoms with Crippen LogP contribution in [-0.2, 0) is 9.59 Å². The Morgan fingerprint density at radius 1 is 1.33 bits per heavy atom. The zero-order chi connectivity index (χ0) is 17.5. The molecule has 0 aliphatic carbocycles. The number of carbonyl (C=O) groups excluding carboxylic acids is 2. The van der Waals surface area contributed by atoms with Gasteiger partial charge in [-0.25, -0.2) is 0 Å². The first-order valence-corrected chi connectivity index (χ1v) is 8.23. The van der Waals surface area contributed by atoms with Crippen LogP contribution in [0.3, 0.4) is 0 Å². The molecule has 0 aromatic heterocycles. The maximum Gasteiger partial charge on any atom is 0.255 e. The monoisotopic (exact) mass is 331 g/mol. The number of primary amides is 1. The molecule has 24 heavy (non-hydrogen) atoms. The molecule has 130 valence electrons. The maximum atomic E-state index is 12.4. The molecule has 2 rings (SSSR count). The topological polar surface area (TPSA) is 98.7 Å². The van der Waals surface area contributed by atoms with Crippen molar-refractivity contribution in [3.63, 3.8) is 0 Å². The van der Waals surface area contributed by atoms with Crippen LogP contribution in [0.5, 0.6) is 5.75 Å². The molecule has 1 aromatic rings. The summed E-state index contributed by atoms with van der Waals surface area (Å²) in [7, 11) is 0. The van der Waals surface area contributed by atoms with Crippen molar-refractivity contribution in [2.24, 2.45) is 11.5 Å². The molecule has 2 unspecified atom stereocenters.